The maximum absolute atomic E-state index is 12.8. The van der Waals surface area contributed by atoms with E-state index in [0.29, 0.717) is 57.1 Å². The first kappa shape index (κ1) is 20.8. The molecule has 0 saturated carbocycles. The van der Waals surface area contributed by atoms with Crippen molar-refractivity contribution >= 4 is 27.0 Å². The number of benzene rings is 1. The number of nitrogens with zero attached hydrogens (tertiary/aromatic N) is 3. The fourth-order valence-corrected chi connectivity index (χ4v) is 4.61. The molecule has 0 spiro atoms. The number of fused-ring (bicyclic) bond motifs is 1. The molecule has 154 valence electrons. The lowest BCUT2D eigenvalue weighted by molar-refractivity contribution is -0.121. The van der Waals surface area contributed by atoms with Gasteiger partial charge in [0.1, 0.15) is 5.82 Å². The standard InChI is InChI=1S/C19H28N4O4S/c1-14(2)13-20-19(24)7-6-18-21-16-12-15(4-5-17(16)22(18)3)28(25,26)23-8-10-27-11-9-23/h4-5,12,14H,6-11,13H2,1-3H3,(H,20,24). The van der Waals surface area contributed by atoms with Crippen LogP contribution in [0, 0.1) is 5.92 Å². The molecule has 9 heteroatoms. The highest BCUT2D eigenvalue weighted by molar-refractivity contribution is 7.89. The van der Waals surface area contributed by atoms with Crippen LogP contribution in [0.3, 0.4) is 0 Å². The molecule has 0 unspecified atom stereocenters. The van der Waals surface area contributed by atoms with E-state index in [9.17, 15) is 13.2 Å². The van der Waals surface area contributed by atoms with Crippen LogP contribution >= 0.6 is 0 Å². The van der Waals surface area contributed by atoms with Crippen LogP contribution in [0.5, 0.6) is 0 Å². The quantitative estimate of drug-likeness (QED) is 0.745. The van der Waals surface area contributed by atoms with Crippen molar-refractivity contribution in [3.63, 3.8) is 0 Å². The highest BCUT2D eigenvalue weighted by atomic mass is 32.2. The average Bonchev–Trinajstić information content (AvgIpc) is 3.00. The molecule has 1 amide bonds. The van der Waals surface area contributed by atoms with Gasteiger partial charge < -0.3 is 14.6 Å². The van der Waals surface area contributed by atoms with Crippen molar-refractivity contribution in [3.05, 3.63) is 24.0 Å². The Hall–Kier alpha value is -1.97. The molecule has 1 saturated heterocycles. The molecule has 0 radical (unpaired) electrons. The second-order valence-electron chi connectivity index (χ2n) is 7.45. The van der Waals surface area contributed by atoms with Crippen LogP contribution in [0.15, 0.2) is 23.1 Å². The third kappa shape index (κ3) is 4.53. The lowest BCUT2D eigenvalue weighted by atomic mass is 10.2. The van der Waals surface area contributed by atoms with Gasteiger partial charge in [-0.05, 0) is 24.1 Å². The van der Waals surface area contributed by atoms with Gasteiger partial charge in [0.2, 0.25) is 15.9 Å². The van der Waals surface area contributed by atoms with Crippen molar-refractivity contribution in [2.45, 2.75) is 31.6 Å². The fraction of sp³-hybridized carbons (Fsp3) is 0.579. The van der Waals surface area contributed by atoms with Crippen molar-refractivity contribution < 1.29 is 17.9 Å². The van der Waals surface area contributed by atoms with Crippen LogP contribution in [-0.2, 0) is 33.0 Å². The van der Waals surface area contributed by atoms with E-state index >= 15 is 0 Å². The van der Waals surface area contributed by atoms with E-state index in [0.717, 1.165) is 11.3 Å². The molecule has 1 aliphatic heterocycles. The summed E-state index contributed by atoms with van der Waals surface area (Å²) in [4.78, 5) is 16.8. The summed E-state index contributed by atoms with van der Waals surface area (Å²) >= 11 is 0. The molecule has 1 aromatic carbocycles. The van der Waals surface area contributed by atoms with Gasteiger partial charge in [0, 0.05) is 39.5 Å². The molecule has 0 bridgehead atoms. The number of sulfonamides is 1. The van der Waals surface area contributed by atoms with Gasteiger partial charge in [-0.2, -0.15) is 4.31 Å². The van der Waals surface area contributed by atoms with Gasteiger partial charge in [-0.25, -0.2) is 13.4 Å². The van der Waals surface area contributed by atoms with E-state index in [1.54, 1.807) is 18.2 Å². The van der Waals surface area contributed by atoms with Crippen LogP contribution < -0.4 is 5.32 Å². The van der Waals surface area contributed by atoms with Gasteiger partial charge in [-0.1, -0.05) is 13.8 Å². The lowest BCUT2D eigenvalue weighted by Gasteiger charge is -2.26. The van der Waals surface area contributed by atoms with Crippen molar-refractivity contribution in [1.29, 1.82) is 0 Å². The molecule has 1 aromatic heterocycles. The summed E-state index contributed by atoms with van der Waals surface area (Å²) in [6, 6.07) is 5.01. The Labute approximate surface area is 165 Å². The van der Waals surface area contributed by atoms with Crippen molar-refractivity contribution in [3.8, 4) is 0 Å². The Balaban J connectivity index is 1.77. The number of hydrogen-bond donors (Lipinski definition) is 1. The normalized spacial score (nSPS) is 16.0. The molecular formula is C19H28N4O4S. The monoisotopic (exact) mass is 408 g/mol. The molecular weight excluding hydrogens is 380 g/mol. The van der Waals surface area contributed by atoms with E-state index in [4.69, 9.17) is 4.74 Å². The van der Waals surface area contributed by atoms with Gasteiger partial charge in [-0.3, -0.25) is 4.79 Å². The zero-order valence-electron chi connectivity index (χ0n) is 16.6. The SMILES string of the molecule is CC(C)CNC(=O)CCc1nc2cc(S(=O)(=O)N3CCOCC3)ccc2n1C. The first-order chi connectivity index (χ1) is 13.3. The van der Waals surface area contributed by atoms with Gasteiger partial charge in [0.15, 0.2) is 0 Å². The summed E-state index contributed by atoms with van der Waals surface area (Å²) in [5, 5.41) is 2.90. The number of aryl methyl sites for hydroxylation is 2. The summed E-state index contributed by atoms with van der Waals surface area (Å²) in [5.41, 5.74) is 1.47. The fourth-order valence-electron chi connectivity index (χ4n) is 3.18. The summed E-state index contributed by atoms with van der Waals surface area (Å²) < 4.78 is 34.3. The Morgan fingerprint density at radius 1 is 1.29 bits per heavy atom. The minimum atomic E-state index is -3.56. The lowest BCUT2D eigenvalue weighted by Crippen LogP contribution is -2.40. The van der Waals surface area contributed by atoms with Gasteiger partial charge >= 0.3 is 0 Å². The molecule has 28 heavy (non-hydrogen) atoms. The van der Waals surface area contributed by atoms with Gasteiger partial charge in [0.05, 0.1) is 29.1 Å². The molecule has 3 rings (SSSR count). The van der Waals surface area contributed by atoms with Gasteiger partial charge in [0.25, 0.3) is 0 Å². The van der Waals surface area contributed by atoms with E-state index in [-0.39, 0.29) is 10.8 Å². The van der Waals surface area contributed by atoms with Gasteiger partial charge in [-0.15, -0.1) is 0 Å². The highest BCUT2D eigenvalue weighted by Crippen LogP contribution is 2.23. The Morgan fingerprint density at radius 2 is 2.00 bits per heavy atom. The number of morpholine rings is 1. The average molecular weight is 409 g/mol. The number of aromatic nitrogens is 2. The minimum absolute atomic E-state index is 0.00339. The molecule has 8 nitrogen and oxygen atoms in total. The van der Waals surface area contributed by atoms with Crippen molar-refractivity contribution in [2.75, 3.05) is 32.8 Å². The number of carbonyl (C=O) groups excluding carboxylic acids is 1. The molecule has 1 N–H and O–H groups in total. The van der Waals surface area contributed by atoms with Crippen LogP contribution in [-0.4, -0.2) is 61.0 Å². The minimum Gasteiger partial charge on any atom is -0.379 e. The summed E-state index contributed by atoms with van der Waals surface area (Å²) in [6.45, 7) is 6.30. The van der Waals surface area contributed by atoms with E-state index in [1.165, 1.54) is 4.31 Å². The third-order valence-corrected chi connectivity index (χ3v) is 6.73. The first-order valence-corrected chi connectivity index (χ1v) is 11.0. The van der Waals surface area contributed by atoms with Crippen LogP contribution in [0.1, 0.15) is 26.1 Å². The highest BCUT2D eigenvalue weighted by Gasteiger charge is 2.27. The molecule has 0 aliphatic carbocycles. The predicted molar refractivity (Wildman–Crippen MR) is 106 cm³/mol. The maximum Gasteiger partial charge on any atom is 0.243 e. The molecule has 1 fully saturated rings. The summed E-state index contributed by atoms with van der Waals surface area (Å²) in [7, 11) is -1.68. The molecule has 2 aromatic rings. The second-order valence-corrected chi connectivity index (χ2v) is 9.39. The Kier molecular flexibility index (Phi) is 6.36. The zero-order valence-corrected chi connectivity index (χ0v) is 17.5. The van der Waals surface area contributed by atoms with Crippen molar-refractivity contribution in [1.82, 2.24) is 19.2 Å². The van der Waals surface area contributed by atoms with E-state index < -0.39 is 10.0 Å². The molecule has 0 atom stereocenters. The number of carbonyl (C=O) groups is 1. The van der Waals surface area contributed by atoms with Crippen LogP contribution in [0.4, 0.5) is 0 Å². The number of hydrogen-bond acceptors (Lipinski definition) is 5. The Bertz CT molecular complexity index is 946. The van der Waals surface area contributed by atoms with Crippen LogP contribution in [0.25, 0.3) is 11.0 Å². The topological polar surface area (TPSA) is 93.5 Å². The first-order valence-electron chi connectivity index (χ1n) is 9.59. The van der Waals surface area contributed by atoms with E-state index in [2.05, 4.69) is 10.3 Å². The summed E-state index contributed by atoms with van der Waals surface area (Å²) in [5.74, 6) is 1.17. The molecule has 1 aliphatic rings. The molecule has 2 heterocycles. The smallest absolute Gasteiger partial charge is 0.243 e. The number of rotatable bonds is 7. The largest absolute Gasteiger partial charge is 0.379 e. The third-order valence-electron chi connectivity index (χ3n) is 4.84. The zero-order chi connectivity index (χ0) is 20.3. The second kappa shape index (κ2) is 8.59. The van der Waals surface area contributed by atoms with Crippen molar-refractivity contribution in [2.24, 2.45) is 13.0 Å². The number of nitrogens with one attached hydrogen (secondary N) is 1. The maximum atomic E-state index is 12.8. The van der Waals surface area contributed by atoms with E-state index in [1.807, 2.05) is 25.5 Å². The Morgan fingerprint density at radius 3 is 2.68 bits per heavy atom. The predicted octanol–water partition coefficient (Wildman–Crippen LogP) is 1.30. The van der Waals surface area contributed by atoms with Crippen LogP contribution in [0.2, 0.25) is 0 Å². The number of imidazole rings is 1. The number of amides is 1. The summed E-state index contributed by atoms with van der Waals surface area (Å²) in [6.07, 6.45) is 0.851. The number of ether oxygens (including phenoxy) is 1.